The molecule has 0 aliphatic carbocycles. The Bertz CT molecular complexity index is 560. The highest BCUT2D eigenvalue weighted by molar-refractivity contribution is 9.10. The number of rotatable bonds is 3. The molecule has 18 heavy (non-hydrogen) atoms. The van der Waals surface area contributed by atoms with Crippen LogP contribution in [0.4, 0.5) is 4.39 Å². The zero-order valence-corrected chi connectivity index (χ0v) is 11.4. The molecule has 0 radical (unpaired) electrons. The zero-order valence-electron chi connectivity index (χ0n) is 9.82. The summed E-state index contributed by atoms with van der Waals surface area (Å²) in [4.78, 5) is 4.14. The lowest BCUT2D eigenvalue weighted by atomic mass is 10.00. The van der Waals surface area contributed by atoms with E-state index in [4.69, 9.17) is 5.84 Å². The van der Waals surface area contributed by atoms with Crippen molar-refractivity contribution in [1.82, 2.24) is 10.4 Å². The number of aromatic nitrogens is 1. The van der Waals surface area contributed by atoms with Crippen LogP contribution in [0.3, 0.4) is 0 Å². The molecule has 0 aliphatic rings. The average molecular weight is 310 g/mol. The third kappa shape index (κ3) is 2.75. The molecule has 0 saturated carbocycles. The second-order valence-electron chi connectivity index (χ2n) is 4.07. The van der Waals surface area contributed by atoms with Crippen LogP contribution in [-0.4, -0.2) is 4.98 Å². The minimum Gasteiger partial charge on any atom is -0.271 e. The van der Waals surface area contributed by atoms with Crippen molar-refractivity contribution >= 4 is 15.9 Å². The number of halogens is 2. The number of nitrogens with one attached hydrogen (secondary N) is 1. The second kappa shape index (κ2) is 5.56. The molecule has 2 aromatic rings. The number of nitrogens with two attached hydrogens (primary N) is 1. The summed E-state index contributed by atoms with van der Waals surface area (Å²) in [6.45, 7) is 1.96. The molecule has 0 saturated heterocycles. The first kappa shape index (κ1) is 13.1. The van der Waals surface area contributed by atoms with Gasteiger partial charge in [-0.2, -0.15) is 0 Å². The lowest BCUT2D eigenvalue weighted by Gasteiger charge is -2.17. The summed E-state index contributed by atoms with van der Waals surface area (Å²) in [7, 11) is 0. The Morgan fingerprint density at radius 3 is 2.67 bits per heavy atom. The van der Waals surface area contributed by atoms with Crippen molar-refractivity contribution in [2.45, 2.75) is 13.0 Å². The van der Waals surface area contributed by atoms with E-state index in [2.05, 4.69) is 26.3 Å². The van der Waals surface area contributed by atoms with Crippen LogP contribution in [0, 0.1) is 12.7 Å². The van der Waals surface area contributed by atoms with Crippen molar-refractivity contribution in [3.05, 3.63) is 63.6 Å². The predicted molar refractivity (Wildman–Crippen MR) is 72.2 cm³/mol. The quantitative estimate of drug-likeness (QED) is 0.677. The Balaban J connectivity index is 2.42. The Labute approximate surface area is 113 Å². The van der Waals surface area contributed by atoms with E-state index in [0.29, 0.717) is 4.47 Å². The Kier molecular flexibility index (Phi) is 4.06. The first-order chi connectivity index (χ1) is 8.61. The van der Waals surface area contributed by atoms with Crippen LogP contribution in [-0.2, 0) is 0 Å². The minimum absolute atomic E-state index is 0.214. The number of hydrogen-bond acceptors (Lipinski definition) is 3. The van der Waals surface area contributed by atoms with Crippen LogP contribution in [0.15, 0.2) is 41.1 Å². The van der Waals surface area contributed by atoms with E-state index in [9.17, 15) is 4.39 Å². The number of hydrazine groups is 1. The van der Waals surface area contributed by atoms with Gasteiger partial charge in [-0.05, 0) is 51.7 Å². The van der Waals surface area contributed by atoms with Crippen LogP contribution in [0.25, 0.3) is 0 Å². The molecular weight excluding hydrogens is 297 g/mol. The van der Waals surface area contributed by atoms with Gasteiger partial charge < -0.3 is 0 Å². The van der Waals surface area contributed by atoms with Gasteiger partial charge in [0.2, 0.25) is 0 Å². The fourth-order valence-electron chi connectivity index (χ4n) is 1.81. The molecule has 3 N–H and O–H groups in total. The summed E-state index contributed by atoms with van der Waals surface area (Å²) < 4.78 is 13.6. The normalized spacial score (nSPS) is 12.4. The molecule has 0 aliphatic heterocycles. The molecule has 0 amide bonds. The van der Waals surface area contributed by atoms with Gasteiger partial charge in [0.05, 0.1) is 10.5 Å². The first-order valence-corrected chi connectivity index (χ1v) is 6.23. The molecule has 3 nitrogen and oxygen atoms in total. The molecule has 1 aromatic carbocycles. The summed E-state index contributed by atoms with van der Waals surface area (Å²) in [5.41, 5.74) is 5.59. The van der Waals surface area contributed by atoms with Crippen LogP contribution in [0.1, 0.15) is 22.7 Å². The van der Waals surface area contributed by atoms with E-state index in [1.165, 1.54) is 6.07 Å². The van der Waals surface area contributed by atoms with Crippen molar-refractivity contribution in [2.24, 2.45) is 5.84 Å². The van der Waals surface area contributed by atoms with Crippen molar-refractivity contribution in [2.75, 3.05) is 0 Å². The Hall–Kier alpha value is -1.30. The highest BCUT2D eigenvalue weighted by Crippen LogP contribution is 2.25. The smallest absolute Gasteiger partial charge is 0.137 e. The highest BCUT2D eigenvalue weighted by Gasteiger charge is 2.14. The number of hydrogen-bond donors (Lipinski definition) is 2. The number of pyridine rings is 1. The van der Waals surface area contributed by atoms with Crippen molar-refractivity contribution < 1.29 is 4.39 Å². The van der Waals surface area contributed by atoms with Gasteiger partial charge in [-0.3, -0.25) is 10.8 Å². The molecule has 1 aromatic heterocycles. The number of nitrogens with zero attached hydrogens (tertiary/aromatic N) is 1. The summed E-state index contributed by atoms with van der Waals surface area (Å²) in [6.07, 6.45) is 3.52. The molecule has 94 valence electrons. The van der Waals surface area contributed by atoms with Crippen LogP contribution in [0.5, 0.6) is 0 Å². The monoisotopic (exact) mass is 309 g/mol. The molecule has 1 atom stereocenters. The molecule has 1 heterocycles. The van der Waals surface area contributed by atoms with Gasteiger partial charge in [-0.25, -0.2) is 9.82 Å². The number of benzene rings is 1. The third-order valence-corrected chi connectivity index (χ3v) is 3.28. The van der Waals surface area contributed by atoms with Gasteiger partial charge in [0, 0.05) is 12.4 Å². The van der Waals surface area contributed by atoms with Crippen LogP contribution >= 0.6 is 15.9 Å². The van der Waals surface area contributed by atoms with Gasteiger partial charge in [0.1, 0.15) is 5.82 Å². The predicted octanol–water partition coefficient (Wildman–Crippen LogP) is 2.84. The van der Waals surface area contributed by atoms with Crippen LogP contribution in [0.2, 0.25) is 0 Å². The zero-order chi connectivity index (χ0) is 13.1. The minimum atomic E-state index is -0.295. The maximum Gasteiger partial charge on any atom is 0.137 e. The van der Waals surface area contributed by atoms with E-state index < -0.39 is 0 Å². The van der Waals surface area contributed by atoms with Crippen LogP contribution < -0.4 is 11.3 Å². The second-order valence-corrected chi connectivity index (χ2v) is 4.92. The molecule has 0 fully saturated rings. The average Bonchev–Trinajstić information content (AvgIpc) is 2.35. The van der Waals surface area contributed by atoms with Gasteiger partial charge in [0.15, 0.2) is 0 Å². The fraction of sp³-hybridized carbons (Fsp3) is 0.154. The SMILES string of the molecule is Cc1cncc(C(NN)c2ccc(F)c(Br)c2)c1. The third-order valence-electron chi connectivity index (χ3n) is 2.67. The van der Waals surface area contributed by atoms with E-state index in [-0.39, 0.29) is 11.9 Å². The van der Waals surface area contributed by atoms with E-state index >= 15 is 0 Å². The fourth-order valence-corrected chi connectivity index (χ4v) is 2.21. The lowest BCUT2D eigenvalue weighted by Crippen LogP contribution is -2.29. The Morgan fingerprint density at radius 1 is 1.28 bits per heavy atom. The van der Waals surface area contributed by atoms with E-state index in [1.807, 2.05) is 13.0 Å². The summed E-state index contributed by atoms with van der Waals surface area (Å²) in [5, 5.41) is 0. The molecule has 5 heteroatoms. The van der Waals surface area contributed by atoms with Gasteiger partial charge in [-0.1, -0.05) is 12.1 Å². The molecular formula is C13H13BrFN3. The summed E-state index contributed by atoms with van der Waals surface area (Å²) >= 11 is 3.17. The lowest BCUT2D eigenvalue weighted by molar-refractivity contribution is 0.609. The number of aryl methyl sites for hydroxylation is 1. The standard InChI is InChI=1S/C13H13BrFN3/c1-8-4-10(7-17-6-8)13(18-16)9-2-3-12(15)11(14)5-9/h2-7,13,18H,16H2,1H3. The summed E-state index contributed by atoms with van der Waals surface area (Å²) in [5.74, 6) is 5.29. The summed E-state index contributed by atoms with van der Waals surface area (Å²) in [6, 6.07) is 6.60. The topological polar surface area (TPSA) is 50.9 Å². The van der Waals surface area contributed by atoms with Gasteiger partial charge in [0.25, 0.3) is 0 Å². The van der Waals surface area contributed by atoms with Crippen molar-refractivity contribution in [3.8, 4) is 0 Å². The van der Waals surface area contributed by atoms with E-state index in [1.54, 1.807) is 24.5 Å². The van der Waals surface area contributed by atoms with Crippen molar-refractivity contribution in [1.29, 1.82) is 0 Å². The molecule has 1 unspecified atom stereocenters. The Morgan fingerprint density at radius 2 is 2.06 bits per heavy atom. The molecule has 0 bridgehead atoms. The highest BCUT2D eigenvalue weighted by atomic mass is 79.9. The van der Waals surface area contributed by atoms with Gasteiger partial charge in [-0.15, -0.1) is 0 Å². The molecule has 0 spiro atoms. The van der Waals surface area contributed by atoms with Gasteiger partial charge >= 0.3 is 0 Å². The first-order valence-electron chi connectivity index (χ1n) is 5.44. The maximum atomic E-state index is 13.2. The van der Waals surface area contributed by atoms with Crippen molar-refractivity contribution in [3.63, 3.8) is 0 Å². The largest absolute Gasteiger partial charge is 0.271 e. The molecule has 2 rings (SSSR count). The van der Waals surface area contributed by atoms with E-state index in [0.717, 1.165) is 16.7 Å². The maximum absolute atomic E-state index is 13.2.